The molecule has 0 radical (unpaired) electrons. The number of nitrogens with one attached hydrogen (secondary N) is 2. The van der Waals surface area contributed by atoms with Crippen molar-refractivity contribution >= 4 is 59.6 Å². The average Bonchev–Trinajstić information content (AvgIpc) is 2.62. The first-order chi connectivity index (χ1) is 14.6. The smallest absolute Gasteiger partial charge is 0.423 e. The molecule has 0 heterocycles. The average molecular weight is 647 g/mol. The van der Waals surface area contributed by atoms with Gasteiger partial charge in [-0.1, -0.05) is 53.9 Å². The molecule has 176 valence electrons. The molecule has 2 aromatic rings. The van der Waals surface area contributed by atoms with Gasteiger partial charge in [-0.3, -0.25) is 0 Å². The minimum absolute atomic E-state index is 0.161. The summed E-state index contributed by atoms with van der Waals surface area (Å²) in [6.45, 7) is 4.60. The second-order valence-corrected chi connectivity index (χ2v) is 10.7. The number of halogens is 6. The molecule has 0 fully saturated rings. The van der Waals surface area contributed by atoms with E-state index in [1.165, 1.54) is 12.1 Å². The van der Waals surface area contributed by atoms with Crippen LogP contribution in [-0.2, 0) is 16.9 Å². The fraction of sp³-hybridized carbons (Fsp3) is 0.381. The molecule has 5 nitrogen and oxygen atoms in total. The molecular formula is C21H22Br3F3N2O3. The number of alkyl halides is 3. The van der Waals surface area contributed by atoms with Crippen molar-refractivity contribution in [1.29, 1.82) is 0 Å². The number of carbonyl (C=O) groups excluding carboxylic acids is 1. The number of rotatable bonds is 6. The van der Waals surface area contributed by atoms with E-state index in [0.29, 0.717) is 24.7 Å². The number of alkyl carbamates (subject to hydrolysis) is 1. The van der Waals surface area contributed by atoms with Crippen LogP contribution in [0.1, 0.15) is 31.9 Å². The van der Waals surface area contributed by atoms with Crippen molar-refractivity contribution in [2.24, 2.45) is 0 Å². The van der Waals surface area contributed by atoms with Gasteiger partial charge in [0.15, 0.2) is 0 Å². The molecule has 0 spiro atoms. The Morgan fingerprint density at radius 3 is 2.12 bits per heavy atom. The number of aliphatic hydroxyl groups is 1. The molecular weight excluding hydrogens is 625 g/mol. The van der Waals surface area contributed by atoms with E-state index in [4.69, 9.17) is 4.74 Å². The summed E-state index contributed by atoms with van der Waals surface area (Å²) in [6, 6.07) is 8.80. The lowest BCUT2D eigenvalue weighted by molar-refractivity contribution is -0.260. The van der Waals surface area contributed by atoms with E-state index in [-0.39, 0.29) is 12.1 Å². The molecule has 0 saturated carbocycles. The third-order valence-electron chi connectivity index (χ3n) is 4.23. The molecule has 0 aliphatic carbocycles. The van der Waals surface area contributed by atoms with Gasteiger partial charge in [-0.15, -0.1) is 0 Å². The Kier molecular flexibility index (Phi) is 8.69. The Hall–Kier alpha value is -1.30. The van der Waals surface area contributed by atoms with E-state index < -0.39 is 30.0 Å². The van der Waals surface area contributed by atoms with Crippen LogP contribution in [0, 0.1) is 0 Å². The molecule has 0 aromatic heterocycles. The topological polar surface area (TPSA) is 70.6 Å². The highest BCUT2D eigenvalue weighted by Gasteiger charge is 2.55. The molecule has 1 amide bonds. The van der Waals surface area contributed by atoms with Gasteiger partial charge in [-0.25, -0.2) is 4.79 Å². The Balaban J connectivity index is 2.14. The van der Waals surface area contributed by atoms with Crippen LogP contribution in [-0.4, -0.2) is 29.5 Å². The maximum absolute atomic E-state index is 13.8. The van der Waals surface area contributed by atoms with Crippen LogP contribution in [0.4, 0.5) is 23.7 Å². The molecule has 0 unspecified atom stereocenters. The van der Waals surface area contributed by atoms with Gasteiger partial charge in [0, 0.05) is 25.7 Å². The minimum atomic E-state index is -4.92. The molecule has 0 aliphatic rings. The Bertz CT molecular complexity index is 961. The predicted molar refractivity (Wildman–Crippen MR) is 127 cm³/mol. The number of amides is 1. The van der Waals surface area contributed by atoms with E-state index in [0.717, 1.165) is 0 Å². The van der Waals surface area contributed by atoms with Crippen molar-refractivity contribution in [3.63, 3.8) is 0 Å². The zero-order valence-corrected chi connectivity index (χ0v) is 22.2. The van der Waals surface area contributed by atoms with Crippen LogP contribution >= 0.6 is 47.8 Å². The molecule has 1 atom stereocenters. The van der Waals surface area contributed by atoms with Gasteiger partial charge in [0.1, 0.15) is 5.60 Å². The van der Waals surface area contributed by atoms with Crippen LogP contribution in [0.15, 0.2) is 49.8 Å². The minimum Gasteiger partial charge on any atom is -0.444 e. The highest BCUT2D eigenvalue weighted by atomic mass is 79.9. The van der Waals surface area contributed by atoms with Crippen molar-refractivity contribution < 1.29 is 27.8 Å². The number of anilines is 1. The monoisotopic (exact) mass is 644 g/mol. The molecule has 11 heteroatoms. The van der Waals surface area contributed by atoms with Gasteiger partial charge >= 0.3 is 12.3 Å². The standard InChI is InChI=1S/C21H22Br3F3N2O3/c1-19(2,3)32-18(30)28-10-12-4-5-16(9-17(12)24)29-11-20(31,21(25,26)27)13-6-14(22)8-15(23)7-13/h4-9,29,31H,10-11H2,1-3H3,(H,28,30)/t20-/m0/s1. The molecule has 2 aromatic carbocycles. The maximum Gasteiger partial charge on any atom is 0.423 e. The van der Waals surface area contributed by atoms with E-state index in [2.05, 4.69) is 58.4 Å². The second kappa shape index (κ2) is 10.3. The first kappa shape index (κ1) is 26.9. The van der Waals surface area contributed by atoms with Crippen LogP contribution in [0.2, 0.25) is 0 Å². The molecule has 3 N–H and O–H groups in total. The SMILES string of the molecule is CC(C)(C)OC(=O)NCc1ccc(NC[C@](O)(c2cc(Br)cc(Br)c2)C(F)(F)F)cc1Br. The number of ether oxygens (including phenoxy) is 1. The first-order valence-corrected chi connectivity index (χ1v) is 11.7. The quantitative estimate of drug-likeness (QED) is 0.321. The van der Waals surface area contributed by atoms with Crippen LogP contribution in [0.25, 0.3) is 0 Å². The molecule has 0 saturated heterocycles. The first-order valence-electron chi connectivity index (χ1n) is 9.35. The zero-order valence-electron chi connectivity index (χ0n) is 17.4. The van der Waals surface area contributed by atoms with Gasteiger partial charge in [0.25, 0.3) is 0 Å². The van der Waals surface area contributed by atoms with Gasteiger partial charge in [0.2, 0.25) is 5.60 Å². The van der Waals surface area contributed by atoms with Gasteiger partial charge < -0.3 is 20.5 Å². The zero-order chi connectivity index (χ0) is 24.3. The van der Waals surface area contributed by atoms with E-state index in [1.807, 2.05) is 0 Å². The molecule has 32 heavy (non-hydrogen) atoms. The number of hydrogen-bond donors (Lipinski definition) is 3. The lowest BCUT2D eigenvalue weighted by atomic mass is 9.93. The van der Waals surface area contributed by atoms with Gasteiger partial charge in [0.05, 0.1) is 6.54 Å². The Morgan fingerprint density at radius 1 is 1.03 bits per heavy atom. The lowest BCUT2D eigenvalue weighted by Crippen LogP contribution is -2.47. The highest BCUT2D eigenvalue weighted by molar-refractivity contribution is 9.11. The fourth-order valence-electron chi connectivity index (χ4n) is 2.67. The predicted octanol–water partition coefficient (Wildman–Crippen LogP) is 6.86. The summed E-state index contributed by atoms with van der Waals surface area (Å²) in [4.78, 5) is 11.8. The Labute approximate surface area is 209 Å². The van der Waals surface area contributed by atoms with Crippen molar-refractivity contribution in [2.75, 3.05) is 11.9 Å². The normalized spacial score (nSPS) is 13.9. The Morgan fingerprint density at radius 2 is 1.62 bits per heavy atom. The van der Waals surface area contributed by atoms with Crippen molar-refractivity contribution in [3.05, 3.63) is 60.9 Å². The molecule has 2 rings (SSSR count). The van der Waals surface area contributed by atoms with Crippen LogP contribution in [0.3, 0.4) is 0 Å². The molecule has 0 aliphatic heterocycles. The molecule has 0 bridgehead atoms. The van der Waals surface area contributed by atoms with Crippen LogP contribution < -0.4 is 10.6 Å². The fourth-order valence-corrected chi connectivity index (χ4v) is 4.48. The van der Waals surface area contributed by atoms with Gasteiger partial charge in [-0.2, -0.15) is 13.2 Å². The van der Waals surface area contributed by atoms with E-state index in [9.17, 15) is 23.1 Å². The van der Waals surface area contributed by atoms with E-state index >= 15 is 0 Å². The maximum atomic E-state index is 13.8. The summed E-state index contributed by atoms with van der Waals surface area (Å²) >= 11 is 9.66. The third kappa shape index (κ3) is 7.36. The summed E-state index contributed by atoms with van der Waals surface area (Å²) in [6.07, 6.45) is -5.50. The second-order valence-electron chi connectivity index (χ2n) is 8.03. The number of carbonyl (C=O) groups is 1. The largest absolute Gasteiger partial charge is 0.444 e. The number of benzene rings is 2. The highest BCUT2D eigenvalue weighted by Crippen LogP contribution is 2.41. The van der Waals surface area contributed by atoms with Crippen molar-refractivity contribution in [3.8, 4) is 0 Å². The summed E-state index contributed by atoms with van der Waals surface area (Å²) < 4.78 is 48.0. The summed E-state index contributed by atoms with van der Waals surface area (Å²) in [7, 11) is 0. The lowest BCUT2D eigenvalue weighted by Gasteiger charge is -2.32. The number of hydrogen-bond acceptors (Lipinski definition) is 4. The van der Waals surface area contributed by atoms with Gasteiger partial charge in [-0.05, 0) is 62.2 Å². The van der Waals surface area contributed by atoms with Crippen molar-refractivity contribution in [2.45, 2.75) is 44.7 Å². The van der Waals surface area contributed by atoms with Crippen LogP contribution in [0.5, 0.6) is 0 Å². The van der Waals surface area contributed by atoms with Crippen molar-refractivity contribution in [1.82, 2.24) is 5.32 Å². The summed E-state index contributed by atoms with van der Waals surface area (Å²) in [5.41, 5.74) is -3.01. The van der Waals surface area contributed by atoms with E-state index in [1.54, 1.807) is 45.0 Å². The summed E-state index contributed by atoms with van der Waals surface area (Å²) in [5, 5.41) is 15.9. The summed E-state index contributed by atoms with van der Waals surface area (Å²) in [5.74, 6) is 0. The third-order valence-corrected chi connectivity index (χ3v) is 5.89.